The van der Waals surface area contributed by atoms with Crippen LogP contribution in [0.3, 0.4) is 0 Å². The fourth-order valence-electron chi connectivity index (χ4n) is 4.17. The zero-order valence-corrected chi connectivity index (χ0v) is 20.9. The van der Waals surface area contributed by atoms with Crippen LogP contribution >= 0.6 is 11.3 Å². The number of rotatable bonds is 5. The second kappa shape index (κ2) is 9.06. The number of amides is 2. The Kier molecular flexibility index (Phi) is 6.31. The van der Waals surface area contributed by atoms with Gasteiger partial charge in [0.05, 0.1) is 26.2 Å². The van der Waals surface area contributed by atoms with Crippen LogP contribution in [0, 0.1) is 0 Å². The fraction of sp³-hybridized carbons (Fsp3) is 0.360. The second-order valence-corrected chi connectivity index (χ2v) is 10.2. The molecular formula is C25H28N4O4S. The summed E-state index contributed by atoms with van der Waals surface area (Å²) < 4.78 is 10.8. The van der Waals surface area contributed by atoms with E-state index < -0.39 is 12.0 Å². The third-order valence-electron chi connectivity index (χ3n) is 5.91. The fourth-order valence-corrected chi connectivity index (χ4v) is 4.97. The highest BCUT2D eigenvalue weighted by molar-refractivity contribution is 7.15. The number of methoxy groups -OCH3 is 2. The van der Waals surface area contributed by atoms with Gasteiger partial charge in [0.15, 0.2) is 11.5 Å². The van der Waals surface area contributed by atoms with Crippen LogP contribution in [0.4, 0.5) is 5.13 Å². The Bertz CT molecular complexity index is 1230. The molecule has 0 spiro atoms. The van der Waals surface area contributed by atoms with Gasteiger partial charge in [0.25, 0.3) is 5.91 Å². The van der Waals surface area contributed by atoms with E-state index in [1.165, 1.54) is 11.3 Å². The average Bonchev–Trinajstić information content (AvgIpc) is 3.29. The SMILES string of the molecule is COc1ccc([C@@H]2[C@H](C(=O)Nc3nnc(C(C)(C)C)s3)c3ccccc3C(=O)N2C)cc1OC. The van der Waals surface area contributed by atoms with Crippen LogP contribution in [0.25, 0.3) is 0 Å². The molecule has 9 heteroatoms. The molecule has 0 saturated carbocycles. The van der Waals surface area contributed by atoms with Crippen LogP contribution in [0.1, 0.15) is 59.2 Å². The predicted molar refractivity (Wildman–Crippen MR) is 131 cm³/mol. The van der Waals surface area contributed by atoms with E-state index in [1.54, 1.807) is 44.4 Å². The zero-order chi connectivity index (χ0) is 24.6. The number of ether oxygens (including phenoxy) is 2. The predicted octanol–water partition coefficient (Wildman–Crippen LogP) is 4.40. The first-order chi connectivity index (χ1) is 16.2. The molecule has 2 heterocycles. The Morgan fingerprint density at radius 2 is 1.76 bits per heavy atom. The van der Waals surface area contributed by atoms with Crippen molar-refractivity contribution in [2.75, 3.05) is 26.6 Å². The molecule has 3 aromatic rings. The van der Waals surface area contributed by atoms with E-state index in [2.05, 4.69) is 15.5 Å². The Hall–Kier alpha value is -3.46. The van der Waals surface area contributed by atoms with Crippen LogP contribution < -0.4 is 14.8 Å². The molecule has 178 valence electrons. The molecule has 0 aliphatic carbocycles. The number of hydrogen-bond acceptors (Lipinski definition) is 7. The lowest BCUT2D eigenvalue weighted by Gasteiger charge is -2.39. The third kappa shape index (κ3) is 4.23. The van der Waals surface area contributed by atoms with Crippen molar-refractivity contribution < 1.29 is 19.1 Å². The van der Waals surface area contributed by atoms with Crippen molar-refractivity contribution in [3.05, 3.63) is 64.2 Å². The van der Waals surface area contributed by atoms with Gasteiger partial charge in [0, 0.05) is 18.0 Å². The number of aromatic nitrogens is 2. The summed E-state index contributed by atoms with van der Waals surface area (Å²) in [5.41, 5.74) is 1.76. The van der Waals surface area contributed by atoms with E-state index >= 15 is 0 Å². The molecule has 0 saturated heterocycles. The van der Waals surface area contributed by atoms with Crippen molar-refractivity contribution in [2.45, 2.75) is 38.1 Å². The Morgan fingerprint density at radius 1 is 1.06 bits per heavy atom. The van der Waals surface area contributed by atoms with E-state index in [4.69, 9.17) is 9.47 Å². The minimum Gasteiger partial charge on any atom is -0.493 e. The van der Waals surface area contributed by atoms with Gasteiger partial charge in [-0.1, -0.05) is 56.4 Å². The number of likely N-dealkylation sites (N-methyl/N-ethyl adjacent to an activating group) is 1. The molecule has 2 amide bonds. The van der Waals surface area contributed by atoms with Gasteiger partial charge in [-0.05, 0) is 29.3 Å². The van der Waals surface area contributed by atoms with Gasteiger partial charge in [-0.15, -0.1) is 10.2 Å². The number of carbonyl (C=O) groups excluding carboxylic acids is 2. The van der Waals surface area contributed by atoms with Crippen molar-refractivity contribution in [1.82, 2.24) is 15.1 Å². The number of hydrogen-bond donors (Lipinski definition) is 1. The number of fused-ring (bicyclic) bond motifs is 1. The molecule has 2 atom stereocenters. The number of nitrogens with one attached hydrogen (secondary N) is 1. The number of anilines is 1. The van der Waals surface area contributed by atoms with E-state index in [1.807, 2.05) is 45.0 Å². The zero-order valence-electron chi connectivity index (χ0n) is 20.1. The largest absolute Gasteiger partial charge is 0.493 e. The summed E-state index contributed by atoms with van der Waals surface area (Å²) in [4.78, 5) is 28.6. The van der Waals surface area contributed by atoms with E-state index in [0.717, 1.165) is 10.6 Å². The molecule has 0 fully saturated rings. The first-order valence-electron chi connectivity index (χ1n) is 10.9. The molecule has 1 N–H and O–H groups in total. The maximum absolute atomic E-state index is 13.7. The molecular weight excluding hydrogens is 452 g/mol. The minimum absolute atomic E-state index is 0.148. The van der Waals surface area contributed by atoms with Crippen molar-refractivity contribution in [3.63, 3.8) is 0 Å². The lowest BCUT2D eigenvalue weighted by molar-refractivity contribution is -0.119. The van der Waals surface area contributed by atoms with Crippen LogP contribution in [0.15, 0.2) is 42.5 Å². The molecule has 1 aliphatic heterocycles. The number of benzene rings is 2. The highest BCUT2D eigenvalue weighted by Gasteiger charge is 2.43. The third-order valence-corrected chi connectivity index (χ3v) is 7.17. The normalized spacial score (nSPS) is 17.8. The molecule has 1 aromatic heterocycles. The van der Waals surface area contributed by atoms with Gasteiger partial charge in [-0.25, -0.2) is 0 Å². The topological polar surface area (TPSA) is 93.7 Å². The smallest absolute Gasteiger partial charge is 0.254 e. The molecule has 2 aromatic carbocycles. The van der Waals surface area contributed by atoms with Crippen molar-refractivity contribution in [3.8, 4) is 11.5 Å². The monoisotopic (exact) mass is 480 g/mol. The van der Waals surface area contributed by atoms with Gasteiger partial charge in [-0.3, -0.25) is 14.9 Å². The highest BCUT2D eigenvalue weighted by atomic mass is 32.1. The van der Waals surface area contributed by atoms with Gasteiger partial charge in [0.2, 0.25) is 11.0 Å². The maximum Gasteiger partial charge on any atom is 0.254 e. The van der Waals surface area contributed by atoms with Crippen molar-refractivity contribution in [2.24, 2.45) is 0 Å². The standard InChI is InChI=1S/C25H28N4O4S/c1-25(2,3)23-27-28-24(34-23)26-21(30)19-15-9-7-8-10-16(15)22(31)29(4)20(19)14-11-12-17(32-5)18(13-14)33-6/h7-13,19-20H,1-6H3,(H,26,28,30)/t19-,20-/m1/s1. The van der Waals surface area contributed by atoms with Gasteiger partial charge >= 0.3 is 0 Å². The van der Waals surface area contributed by atoms with Crippen LogP contribution in [0.2, 0.25) is 0 Å². The summed E-state index contributed by atoms with van der Waals surface area (Å²) in [7, 11) is 4.83. The Balaban J connectivity index is 1.79. The van der Waals surface area contributed by atoms with E-state index in [9.17, 15) is 9.59 Å². The quantitative estimate of drug-likeness (QED) is 0.582. The van der Waals surface area contributed by atoms with Crippen molar-refractivity contribution in [1.29, 1.82) is 0 Å². The summed E-state index contributed by atoms with van der Waals surface area (Å²) in [5, 5.41) is 12.6. The average molecular weight is 481 g/mol. The van der Waals surface area contributed by atoms with Gasteiger partial charge in [-0.2, -0.15) is 0 Å². The molecule has 1 aliphatic rings. The lowest BCUT2D eigenvalue weighted by Crippen LogP contribution is -2.44. The first kappa shape index (κ1) is 23.7. The molecule has 8 nitrogen and oxygen atoms in total. The summed E-state index contributed by atoms with van der Waals surface area (Å²) in [5.74, 6) is 0.0198. The second-order valence-electron chi connectivity index (χ2n) is 9.19. The minimum atomic E-state index is -0.668. The van der Waals surface area contributed by atoms with Crippen LogP contribution in [-0.2, 0) is 10.2 Å². The van der Waals surface area contributed by atoms with Gasteiger partial charge < -0.3 is 14.4 Å². The van der Waals surface area contributed by atoms with E-state index in [0.29, 0.717) is 27.8 Å². The van der Waals surface area contributed by atoms with Gasteiger partial charge in [0.1, 0.15) is 5.01 Å². The van der Waals surface area contributed by atoms with E-state index in [-0.39, 0.29) is 17.2 Å². The summed E-state index contributed by atoms with van der Waals surface area (Å²) >= 11 is 1.35. The molecule has 4 rings (SSSR count). The maximum atomic E-state index is 13.7. The first-order valence-corrected chi connectivity index (χ1v) is 11.7. The molecule has 0 unspecified atom stereocenters. The Morgan fingerprint density at radius 3 is 2.41 bits per heavy atom. The number of nitrogens with zero attached hydrogens (tertiary/aromatic N) is 3. The van der Waals surface area contributed by atoms with Crippen LogP contribution in [0.5, 0.6) is 11.5 Å². The molecule has 0 bridgehead atoms. The molecule has 0 radical (unpaired) electrons. The lowest BCUT2D eigenvalue weighted by atomic mass is 9.79. The van der Waals surface area contributed by atoms with Crippen LogP contribution in [-0.4, -0.2) is 48.2 Å². The number of carbonyl (C=O) groups is 2. The molecule has 34 heavy (non-hydrogen) atoms. The summed E-state index contributed by atoms with van der Waals surface area (Å²) in [6.07, 6.45) is 0. The van der Waals surface area contributed by atoms with Crippen molar-refractivity contribution >= 4 is 28.3 Å². The summed E-state index contributed by atoms with van der Waals surface area (Å²) in [6.45, 7) is 6.14. The summed E-state index contributed by atoms with van der Waals surface area (Å²) in [6, 6.07) is 12.1. The highest BCUT2D eigenvalue weighted by Crippen LogP contribution is 2.44. The Labute approximate surface area is 202 Å².